The van der Waals surface area contributed by atoms with Gasteiger partial charge in [-0.25, -0.2) is 4.79 Å². The Balaban J connectivity index is 1.73. The van der Waals surface area contributed by atoms with E-state index in [0.717, 1.165) is 28.7 Å². The van der Waals surface area contributed by atoms with Crippen LogP contribution in [0.15, 0.2) is 48.5 Å². The molecule has 1 fully saturated rings. The molecule has 1 N–H and O–H groups in total. The molecule has 0 spiro atoms. The van der Waals surface area contributed by atoms with Gasteiger partial charge in [-0.2, -0.15) is 13.2 Å². The van der Waals surface area contributed by atoms with Crippen LogP contribution < -0.4 is 10.2 Å². The first-order valence-electron chi connectivity index (χ1n) is 8.76. The minimum Gasteiger partial charge on any atom is -0.325 e. The van der Waals surface area contributed by atoms with Crippen LogP contribution in [0.3, 0.4) is 0 Å². The number of carbonyl (C=O) groups excluding carboxylic acids is 3. The number of hydrogen-bond donors (Lipinski definition) is 1. The number of hydrogen-bond acceptors (Lipinski definition) is 3. The molecule has 1 aliphatic heterocycles. The Labute approximate surface area is 164 Å². The van der Waals surface area contributed by atoms with Gasteiger partial charge in [0.25, 0.3) is 5.91 Å². The fraction of sp³-hybridized carbons (Fsp3) is 0.250. The third kappa shape index (κ3) is 4.23. The Kier molecular flexibility index (Phi) is 5.32. The van der Waals surface area contributed by atoms with E-state index in [2.05, 4.69) is 5.32 Å². The molecule has 6 nitrogen and oxygen atoms in total. The van der Waals surface area contributed by atoms with Gasteiger partial charge >= 0.3 is 12.2 Å². The van der Waals surface area contributed by atoms with Gasteiger partial charge in [0.1, 0.15) is 12.6 Å². The van der Waals surface area contributed by atoms with E-state index in [1.54, 1.807) is 31.2 Å². The Bertz CT molecular complexity index is 957. The second-order valence-electron chi connectivity index (χ2n) is 6.72. The number of nitrogens with zero attached hydrogens (tertiary/aromatic N) is 2. The molecule has 4 amide bonds. The predicted molar refractivity (Wildman–Crippen MR) is 100 cm³/mol. The lowest BCUT2D eigenvalue weighted by Crippen LogP contribution is -2.39. The monoisotopic (exact) mass is 405 g/mol. The lowest BCUT2D eigenvalue weighted by Gasteiger charge is -2.19. The second-order valence-corrected chi connectivity index (χ2v) is 6.72. The van der Waals surface area contributed by atoms with Crippen LogP contribution in [0.2, 0.25) is 0 Å². The number of aryl methyl sites for hydroxylation is 1. The first-order chi connectivity index (χ1) is 13.6. The van der Waals surface area contributed by atoms with Crippen molar-refractivity contribution < 1.29 is 27.6 Å². The van der Waals surface area contributed by atoms with Gasteiger partial charge in [-0.15, -0.1) is 0 Å². The second kappa shape index (κ2) is 7.57. The summed E-state index contributed by atoms with van der Waals surface area (Å²) in [7, 11) is 0. The average Bonchev–Trinajstić information content (AvgIpc) is 2.86. The lowest BCUT2D eigenvalue weighted by molar-refractivity contribution is -0.137. The molecule has 0 radical (unpaired) electrons. The highest BCUT2D eigenvalue weighted by Crippen LogP contribution is 2.31. The zero-order valence-electron chi connectivity index (χ0n) is 15.7. The fourth-order valence-corrected chi connectivity index (χ4v) is 3.03. The van der Waals surface area contributed by atoms with E-state index in [9.17, 15) is 27.6 Å². The van der Waals surface area contributed by atoms with E-state index < -0.39 is 42.2 Å². The number of urea groups is 1. The highest BCUT2D eigenvalue weighted by Gasteiger charge is 2.44. The van der Waals surface area contributed by atoms with Gasteiger partial charge in [0, 0.05) is 11.4 Å². The van der Waals surface area contributed by atoms with E-state index in [-0.39, 0.29) is 5.69 Å². The van der Waals surface area contributed by atoms with Gasteiger partial charge in [-0.05, 0) is 44.2 Å². The smallest absolute Gasteiger partial charge is 0.325 e. The molecule has 1 heterocycles. The highest BCUT2D eigenvalue weighted by molar-refractivity contribution is 6.16. The number of amides is 4. The summed E-state index contributed by atoms with van der Waals surface area (Å²) >= 11 is 0. The molecule has 0 aliphatic carbocycles. The normalized spacial score (nSPS) is 17.1. The Hall–Kier alpha value is -3.36. The molecular formula is C20H18F3N3O3. The maximum absolute atomic E-state index is 12.8. The fourth-order valence-electron chi connectivity index (χ4n) is 3.03. The molecule has 0 saturated carbocycles. The van der Waals surface area contributed by atoms with Crippen molar-refractivity contribution in [1.82, 2.24) is 4.90 Å². The molecule has 152 valence electrons. The van der Waals surface area contributed by atoms with Crippen molar-refractivity contribution in [3.05, 3.63) is 59.7 Å². The summed E-state index contributed by atoms with van der Waals surface area (Å²) in [6.45, 7) is 2.83. The summed E-state index contributed by atoms with van der Waals surface area (Å²) in [5.41, 5.74) is 0.508. The molecule has 1 atom stereocenters. The molecule has 2 aromatic rings. The summed E-state index contributed by atoms with van der Waals surface area (Å²) in [5, 5.41) is 2.30. The van der Waals surface area contributed by atoms with Gasteiger partial charge in [-0.3, -0.25) is 19.4 Å². The average molecular weight is 405 g/mol. The number of alkyl halides is 3. The first-order valence-corrected chi connectivity index (χ1v) is 8.76. The van der Waals surface area contributed by atoms with Gasteiger partial charge in [0.05, 0.1) is 5.56 Å². The third-order valence-corrected chi connectivity index (χ3v) is 4.54. The lowest BCUT2D eigenvalue weighted by atomic mass is 10.2. The highest BCUT2D eigenvalue weighted by atomic mass is 19.4. The zero-order chi connectivity index (χ0) is 21.3. The molecule has 0 aromatic heterocycles. The number of nitrogens with one attached hydrogen (secondary N) is 1. The largest absolute Gasteiger partial charge is 0.416 e. The van der Waals surface area contributed by atoms with Crippen LogP contribution in [-0.4, -0.2) is 35.3 Å². The quantitative estimate of drug-likeness (QED) is 0.787. The van der Waals surface area contributed by atoms with Crippen molar-refractivity contribution in [2.45, 2.75) is 26.1 Å². The van der Waals surface area contributed by atoms with Crippen LogP contribution in [0.1, 0.15) is 18.1 Å². The standard InChI is InChI=1S/C20H18F3N3O3/c1-12-6-8-16(9-7-12)26-13(2)18(28)25(19(26)29)11-17(27)24-15-5-3-4-14(10-15)20(21,22)23/h3-10,13H,11H2,1-2H3,(H,24,27)/t13-/m1/s1. The Morgan fingerprint density at radius 3 is 2.38 bits per heavy atom. The topological polar surface area (TPSA) is 69.7 Å². The number of carbonyl (C=O) groups is 3. The molecule has 9 heteroatoms. The molecule has 2 aromatic carbocycles. The van der Waals surface area contributed by atoms with E-state index in [1.807, 2.05) is 6.92 Å². The van der Waals surface area contributed by atoms with E-state index in [1.165, 1.54) is 11.0 Å². The summed E-state index contributed by atoms with van der Waals surface area (Å²) in [5.74, 6) is -1.33. The summed E-state index contributed by atoms with van der Waals surface area (Å²) in [6, 6.07) is 9.64. The Morgan fingerprint density at radius 1 is 1.10 bits per heavy atom. The van der Waals surface area contributed by atoms with Crippen molar-refractivity contribution in [2.24, 2.45) is 0 Å². The van der Waals surface area contributed by atoms with Gasteiger partial charge in [0.15, 0.2) is 0 Å². The van der Waals surface area contributed by atoms with Crippen LogP contribution >= 0.6 is 0 Å². The molecule has 0 bridgehead atoms. The van der Waals surface area contributed by atoms with Crippen molar-refractivity contribution in [1.29, 1.82) is 0 Å². The number of halogens is 3. The molecule has 1 aliphatic rings. The minimum atomic E-state index is -4.55. The van der Waals surface area contributed by atoms with Crippen molar-refractivity contribution in [2.75, 3.05) is 16.8 Å². The van der Waals surface area contributed by atoms with Crippen LogP contribution in [0.25, 0.3) is 0 Å². The Morgan fingerprint density at radius 2 is 1.76 bits per heavy atom. The van der Waals surface area contributed by atoms with E-state index in [0.29, 0.717) is 5.69 Å². The van der Waals surface area contributed by atoms with Crippen LogP contribution in [0.4, 0.5) is 29.3 Å². The zero-order valence-corrected chi connectivity index (χ0v) is 15.7. The molecular weight excluding hydrogens is 387 g/mol. The van der Waals surface area contributed by atoms with Crippen molar-refractivity contribution in [3.8, 4) is 0 Å². The van der Waals surface area contributed by atoms with E-state index in [4.69, 9.17) is 0 Å². The maximum atomic E-state index is 12.8. The van der Waals surface area contributed by atoms with Gasteiger partial charge < -0.3 is 5.32 Å². The minimum absolute atomic E-state index is 0.0765. The van der Waals surface area contributed by atoms with Crippen LogP contribution in [0.5, 0.6) is 0 Å². The molecule has 29 heavy (non-hydrogen) atoms. The predicted octanol–water partition coefficient (Wildman–Crippen LogP) is 3.81. The summed E-state index contributed by atoms with van der Waals surface area (Å²) < 4.78 is 38.4. The third-order valence-electron chi connectivity index (χ3n) is 4.54. The molecule has 3 rings (SSSR count). The van der Waals surface area contributed by atoms with E-state index >= 15 is 0 Å². The first kappa shape index (κ1) is 20.4. The number of benzene rings is 2. The van der Waals surface area contributed by atoms with Crippen molar-refractivity contribution >= 4 is 29.2 Å². The number of rotatable bonds is 4. The number of imide groups is 1. The van der Waals surface area contributed by atoms with Gasteiger partial charge in [0.2, 0.25) is 5.91 Å². The number of anilines is 2. The molecule has 1 saturated heterocycles. The van der Waals surface area contributed by atoms with Crippen molar-refractivity contribution in [3.63, 3.8) is 0 Å². The van der Waals surface area contributed by atoms with Gasteiger partial charge in [-0.1, -0.05) is 23.8 Å². The molecule has 0 unspecified atom stereocenters. The van der Waals surface area contributed by atoms with Crippen LogP contribution in [0, 0.1) is 6.92 Å². The van der Waals surface area contributed by atoms with Crippen LogP contribution in [-0.2, 0) is 15.8 Å². The summed E-state index contributed by atoms with van der Waals surface area (Å²) in [4.78, 5) is 39.5. The SMILES string of the molecule is Cc1ccc(N2C(=O)N(CC(=O)Nc3cccc(C(F)(F)F)c3)C(=O)[C@H]2C)cc1. The summed E-state index contributed by atoms with van der Waals surface area (Å²) in [6.07, 6.45) is -4.55. The maximum Gasteiger partial charge on any atom is 0.416 e.